The molecule has 0 spiro atoms. The quantitative estimate of drug-likeness (QED) is 0.430. The molecule has 0 saturated carbocycles. The standard InChI is InChI=1S/C22H21N3O7S/c1-31-17-6-8-18(9-7-17)33(29,30)25-12-15-4-2-3-5-19(15)24(13-20(25)21(26)23-28)22(27)16-10-11-32-14-16/h2-11,14,20,28H,12-13H2,1H3,(H,23,26). The van der Waals surface area contributed by atoms with Gasteiger partial charge in [0.15, 0.2) is 0 Å². The summed E-state index contributed by atoms with van der Waals surface area (Å²) in [6, 6.07) is 12.6. The average molecular weight is 471 g/mol. The van der Waals surface area contributed by atoms with Crippen molar-refractivity contribution in [2.45, 2.75) is 17.5 Å². The van der Waals surface area contributed by atoms with Crippen molar-refractivity contribution >= 4 is 27.5 Å². The Morgan fingerprint density at radius 2 is 1.85 bits per heavy atom. The number of furan rings is 1. The summed E-state index contributed by atoms with van der Waals surface area (Å²) in [7, 11) is -2.75. The number of ether oxygens (including phenoxy) is 1. The second kappa shape index (κ2) is 9.06. The molecule has 0 radical (unpaired) electrons. The van der Waals surface area contributed by atoms with Crippen LogP contribution in [0.1, 0.15) is 15.9 Å². The third-order valence-electron chi connectivity index (χ3n) is 5.40. The van der Waals surface area contributed by atoms with Crippen molar-refractivity contribution in [2.75, 3.05) is 18.6 Å². The fraction of sp³-hybridized carbons (Fsp3) is 0.182. The van der Waals surface area contributed by atoms with Gasteiger partial charge in [0.05, 0.1) is 30.4 Å². The minimum Gasteiger partial charge on any atom is -0.497 e. The molecule has 2 aromatic carbocycles. The topological polar surface area (TPSA) is 129 Å². The molecule has 4 rings (SSSR count). The first-order valence-electron chi connectivity index (χ1n) is 9.88. The third kappa shape index (κ3) is 4.21. The predicted octanol–water partition coefficient (Wildman–Crippen LogP) is 2.01. The van der Waals surface area contributed by atoms with Crippen LogP contribution in [0.2, 0.25) is 0 Å². The van der Waals surface area contributed by atoms with E-state index in [1.807, 2.05) is 0 Å². The summed E-state index contributed by atoms with van der Waals surface area (Å²) in [5.74, 6) is -0.975. The van der Waals surface area contributed by atoms with Crippen molar-refractivity contribution < 1.29 is 32.4 Å². The van der Waals surface area contributed by atoms with E-state index in [2.05, 4.69) is 0 Å². The van der Waals surface area contributed by atoms with Gasteiger partial charge in [0, 0.05) is 12.2 Å². The molecular formula is C22H21N3O7S. The molecule has 0 bridgehead atoms. The van der Waals surface area contributed by atoms with E-state index in [0.29, 0.717) is 17.0 Å². The number of hydrogen-bond donors (Lipinski definition) is 2. The fourth-order valence-electron chi connectivity index (χ4n) is 3.71. The highest BCUT2D eigenvalue weighted by atomic mass is 32.2. The molecule has 33 heavy (non-hydrogen) atoms. The average Bonchev–Trinajstić information content (AvgIpc) is 3.32. The van der Waals surface area contributed by atoms with Crippen LogP contribution in [0.25, 0.3) is 0 Å². The van der Waals surface area contributed by atoms with Gasteiger partial charge in [-0.05, 0) is 42.0 Å². The van der Waals surface area contributed by atoms with Crippen molar-refractivity contribution in [3.63, 3.8) is 0 Å². The molecule has 1 unspecified atom stereocenters. The van der Waals surface area contributed by atoms with Crippen molar-refractivity contribution in [1.29, 1.82) is 0 Å². The Bertz CT molecular complexity index is 1260. The lowest BCUT2D eigenvalue weighted by molar-refractivity contribution is -0.133. The molecule has 1 aliphatic heterocycles. The Hall–Kier alpha value is -3.67. The lowest BCUT2D eigenvalue weighted by atomic mass is 10.1. The first kappa shape index (κ1) is 22.5. The van der Waals surface area contributed by atoms with Crippen LogP contribution >= 0.6 is 0 Å². The number of nitrogens with zero attached hydrogens (tertiary/aromatic N) is 2. The fourth-order valence-corrected chi connectivity index (χ4v) is 5.26. The SMILES string of the molecule is COc1ccc(S(=O)(=O)N2Cc3ccccc3N(C(=O)c3ccoc3)CC2C(=O)NO)cc1. The highest BCUT2D eigenvalue weighted by Gasteiger charge is 2.41. The Morgan fingerprint density at radius 1 is 1.12 bits per heavy atom. The minimum absolute atomic E-state index is 0.0638. The smallest absolute Gasteiger partial charge is 0.263 e. The zero-order chi connectivity index (χ0) is 23.6. The van der Waals surface area contributed by atoms with Crippen molar-refractivity contribution in [1.82, 2.24) is 9.79 Å². The van der Waals surface area contributed by atoms with Crippen LogP contribution in [0, 0.1) is 0 Å². The van der Waals surface area contributed by atoms with Crippen LogP contribution in [0.4, 0.5) is 5.69 Å². The van der Waals surface area contributed by atoms with Crippen LogP contribution in [0.15, 0.2) is 76.4 Å². The number of benzene rings is 2. The van der Waals surface area contributed by atoms with E-state index in [9.17, 15) is 23.2 Å². The van der Waals surface area contributed by atoms with Crippen LogP contribution in [-0.2, 0) is 21.4 Å². The van der Waals surface area contributed by atoms with Crippen molar-refractivity contribution in [3.8, 4) is 5.75 Å². The Morgan fingerprint density at radius 3 is 2.48 bits per heavy atom. The van der Waals surface area contributed by atoms with Crippen LogP contribution in [-0.4, -0.2) is 49.4 Å². The summed E-state index contributed by atoms with van der Waals surface area (Å²) < 4.78 is 38.3. The van der Waals surface area contributed by atoms with E-state index in [1.165, 1.54) is 60.3 Å². The predicted molar refractivity (Wildman–Crippen MR) is 116 cm³/mol. The molecule has 3 aromatic rings. The number of anilines is 1. The number of para-hydroxylation sites is 1. The van der Waals surface area contributed by atoms with Crippen LogP contribution in [0.5, 0.6) is 5.75 Å². The molecule has 2 heterocycles. The number of methoxy groups -OCH3 is 1. The first-order valence-corrected chi connectivity index (χ1v) is 11.3. The maximum absolute atomic E-state index is 13.6. The maximum Gasteiger partial charge on any atom is 0.263 e. The molecule has 1 atom stereocenters. The molecule has 172 valence electrons. The van der Waals surface area contributed by atoms with Crippen LogP contribution < -0.4 is 15.1 Å². The largest absolute Gasteiger partial charge is 0.497 e. The lowest BCUT2D eigenvalue weighted by Crippen LogP contribution is -2.53. The summed E-state index contributed by atoms with van der Waals surface area (Å²) >= 11 is 0. The van der Waals surface area contributed by atoms with Gasteiger partial charge in [-0.2, -0.15) is 4.31 Å². The first-order chi connectivity index (χ1) is 15.9. The second-order valence-corrected chi connectivity index (χ2v) is 9.16. The number of hydrogen-bond acceptors (Lipinski definition) is 7. The molecule has 0 saturated heterocycles. The second-order valence-electron chi connectivity index (χ2n) is 7.27. The van der Waals surface area contributed by atoms with Gasteiger partial charge in [-0.1, -0.05) is 18.2 Å². The molecular weight excluding hydrogens is 450 g/mol. The zero-order valence-corrected chi connectivity index (χ0v) is 18.4. The summed E-state index contributed by atoms with van der Waals surface area (Å²) in [6.45, 7) is -0.527. The van der Waals surface area contributed by atoms with Crippen molar-refractivity contribution in [3.05, 3.63) is 78.3 Å². The van der Waals surface area contributed by atoms with Gasteiger partial charge in [-0.15, -0.1) is 0 Å². The van der Waals surface area contributed by atoms with Gasteiger partial charge < -0.3 is 14.1 Å². The van der Waals surface area contributed by atoms with E-state index in [4.69, 9.17) is 9.15 Å². The Kier molecular flexibility index (Phi) is 6.18. The van der Waals surface area contributed by atoms with E-state index in [-0.39, 0.29) is 23.5 Å². The van der Waals surface area contributed by atoms with Gasteiger partial charge in [-0.3, -0.25) is 14.8 Å². The monoisotopic (exact) mass is 471 g/mol. The zero-order valence-electron chi connectivity index (χ0n) is 17.5. The summed E-state index contributed by atoms with van der Waals surface area (Å²) in [5.41, 5.74) is 2.73. The number of nitrogens with one attached hydrogen (secondary N) is 1. The van der Waals surface area contributed by atoms with E-state index < -0.39 is 27.9 Å². The van der Waals surface area contributed by atoms with Gasteiger partial charge in [0.25, 0.3) is 11.8 Å². The molecule has 2 N–H and O–H groups in total. The number of carbonyl (C=O) groups is 2. The maximum atomic E-state index is 13.6. The summed E-state index contributed by atoms with van der Waals surface area (Å²) in [5, 5.41) is 9.37. The summed E-state index contributed by atoms with van der Waals surface area (Å²) in [6.07, 6.45) is 2.61. The molecule has 11 heteroatoms. The third-order valence-corrected chi connectivity index (χ3v) is 7.27. The number of sulfonamides is 1. The molecule has 2 amide bonds. The Balaban J connectivity index is 1.82. The minimum atomic E-state index is -4.21. The van der Waals surface area contributed by atoms with Gasteiger partial charge >= 0.3 is 0 Å². The van der Waals surface area contributed by atoms with Gasteiger partial charge in [-0.25, -0.2) is 13.9 Å². The highest BCUT2D eigenvalue weighted by Crippen LogP contribution is 2.32. The molecule has 0 fully saturated rings. The van der Waals surface area contributed by atoms with Gasteiger partial charge in [0.2, 0.25) is 10.0 Å². The van der Waals surface area contributed by atoms with Crippen molar-refractivity contribution in [2.24, 2.45) is 0 Å². The highest BCUT2D eigenvalue weighted by molar-refractivity contribution is 7.89. The van der Waals surface area contributed by atoms with Crippen LogP contribution in [0.3, 0.4) is 0 Å². The normalized spacial score (nSPS) is 16.5. The molecule has 1 aliphatic rings. The van der Waals surface area contributed by atoms with Gasteiger partial charge in [0.1, 0.15) is 18.1 Å². The number of amides is 2. The molecule has 1 aromatic heterocycles. The van der Waals surface area contributed by atoms with E-state index in [1.54, 1.807) is 24.3 Å². The lowest BCUT2D eigenvalue weighted by Gasteiger charge is -2.29. The summed E-state index contributed by atoms with van der Waals surface area (Å²) in [4.78, 5) is 27.1. The van der Waals surface area contributed by atoms with E-state index in [0.717, 1.165) is 4.31 Å². The van der Waals surface area contributed by atoms with E-state index >= 15 is 0 Å². The molecule has 10 nitrogen and oxygen atoms in total. The molecule has 0 aliphatic carbocycles. The number of fused-ring (bicyclic) bond motifs is 1. The Labute approximate surface area is 190 Å². The number of hydroxylamine groups is 1. The number of rotatable bonds is 5. The number of carbonyl (C=O) groups excluding carboxylic acids is 2.